The number of amides is 1. The maximum Gasteiger partial charge on any atom is 0.222 e. The lowest BCUT2D eigenvalue weighted by Gasteiger charge is -2.31. The number of carbonyl (C=O) groups excluding carboxylic acids is 1. The van der Waals surface area contributed by atoms with Gasteiger partial charge in [-0.25, -0.2) is 9.67 Å². The number of hydrogen-bond donors (Lipinski definition) is 0. The van der Waals surface area contributed by atoms with Crippen molar-refractivity contribution >= 4 is 17.0 Å². The lowest BCUT2D eigenvalue weighted by molar-refractivity contribution is -0.132. The summed E-state index contributed by atoms with van der Waals surface area (Å²) in [5, 5.41) is 11.0. The maximum absolute atomic E-state index is 12.5. The third-order valence-electron chi connectivity index (χ3n) is 4.60. The van der Waals surface area contributed by atoms with Gasteiger partial charge in [-0.15, -0.1) is 5.10 Å². The highest BCUT2D eigenvalue weighted by Gasteiger charge is 2.27. The monoisotopic (exact) mass is 340 g/mol. The van der Waals surface area contributed by atoms with Crippen molar-refractivity contribution < 1.29 is 9.21 Å². The first-order valence-electron chi connectivity index (χ1n) is 8.63. The number of likely N-dealkylation sites (tertiary alicyclic amines) is 1. The maximum atomic E-state index is 12.5. The molecular weight excluding hydrogens is 320 g/mol. The number of carbonyl (C=O) groups is 1. The van der Waals surface area contributed by atoms with Crippen molar-refractivity contribution in [1.82, 2.24) is 30.1 Å². The van der Waals surface area contributed by atoms with Gasteiger partial charge < -0.3 is 9.32 Å². The Kier molecular flexibility index (Phi) is 4.41. The molecule has 1 aliphatic rings. The lowest BCUT2D eigenvalue weighted by atomic mass is 9.97. The third kappa shape index (κ3) is 3.52. The van der Waals surface area contributed by atoms with Gasteiger partial charge in [0, 0.05) is 26.1 Å². The number of aryl methyl sites for hydroxylation is 1. The number of benzene rings is 1. The number of nitrogens with zero attached hydrogens (tertiary/aromatic N) is 6. The molecule has 1 atom stereocenters. The van der Waals surface area contributed by atoms with Crippen LogP contribution in [0.2, 0.25) is 0 Å². The zero-order valence-corrected chi connectivity index (χ0v) is 13.9. The van der Waals surface area contributed by atoms with Crippen LogP contribution in [0.4, 0.5) is 0 Å². The van der Waals surface area contributed by atoms with Crippen molar-refractivity contribution in [2.24, 2.45) is 0 Å². The topological polar surface area (TPSA) is 89.9 Å². The van der Waals surface area contributed by atoms with Crippen molar-refractivity contribution in [2.45, 2.75) is 38.1 Å². The van der Waals surface area contributed by atoms with Gasteiger partial charge in [-0.3, -0.25) is 4.79 Å². The second kappa shape index (κ2) is 7.00. The molecule has 0 unspecified atom stereocenters. The van der Waals surface area contributed by atoms with Gasteiger partial charge in [-0.1, -0.05) is 12.1 Å². The van der Waals surface area contributed by atoms with Crippen molar-refractivity contribution in [3.05, 3.63) is 36.5 Å². The van der Waals surface area contributed by atoms with Crippen LogP contribution < -0.4 is 0 Å². The van der Waals surface area contributed by atoms with Crippen LogP contribution in [0.1, 0.15) is 37.5 Å². The predicted molar refractivity (Wildman–Crippen MR) is 89.6 cm³/mol. The molecule has 3 aromatic rings. The summed E-state index contributed by atoms with van der Waals surface area (Å²) >= 11 is 0. The van der Waals surface area contributed by atoms with E-state index in [0.717, 1.165) is 42.8 Å². The van der Waals surface area contributed by atoms with E-state index >= 15 is 0 Å². The molecule has 1 amide bonds. The van der Waals surface area contributed by atoms with Crippen LogP contribution in [0.3, 0.4) is 0 Å². The lowest BCUT2D eigenvalue weighted by Crippen LogP contribution is -2.39. The zero-order chi connectivity index (χ0) is 17.1. The first kappa shape index (κ1) is 15.7. The zero-order valence-electron chi connectivity index (χ0n) is 13.9. The van der Waals surface area contributed by atoms with Crippen LogP contribution in [0.15, 0.2) is 35.0 Å². The fraction of sp³-hybridized carbons (Fsp3) is 0.471. The average molecular weight is 340 g/mol. The molecule has 0 radical (unpaired) electrons. The van der Waals surface area contributed by atoms with Crippen LogP contribution in [-0.4, -0.2) is 49.1 Å². The SMILES string of the molecule is O=C(CCCn1cnnn1)N1CCC[C@H](c2nc3ccccc3o2)C1. The van der Waals surface area contributed by atoms with Crippen LogP contribution in [0.25, 0.3) is 11.1 Å². The van der Waals surface area contributed by atoms with Crippen molar-refractivity contribution in [1.29, 1.82) is 0 Å². The van der Waals surface area contributed by atoms with Gasteiger partial charge in [0.25, 0.3) is 0 Å². The molecule has 2 aromatic heterocycles. The Morgan fingerprint density at radius 1 is 1.32 bits per heavy atom. The van der Waals surface area contributed by atoms with Gasteiger partial charge in [0.1, 0.15) is 11.8 Å². The molecule has 0 saturated carbocycles. The number of fused-ring (bicyclic) bond motifs is 1. The fourth-order valence-electron chi connectivity index (χ4n) is 3.30. The molecule has 8 nitrogen and oxygen atoms in total. The molecular formula is C17H20N6O2. The van der Waals surface area contributed by atoms with Crippen LogP contribution >= 0.6 is 0 Å². The minimum atomic E-state index is 0.171. The number of aromatic nitrogens is 5. The average Bonchev–Trinajstić information content (AvgIpc) is 3.31. The molecule has 1 fully saturated rings. The molecule has 1 aliphatic heterocycles. The molecule has 0 aliphatic carbocycles. The fourth-order valence-corrected chi connectivity index (χ4v) is 3.30. The van der Waals surface area contributed by atoms with E-state index in [1.165, 1.54) is 0 Å². The van der Waals surface area contributed by atoms with E-state index in [-0.39, 0.29) is 11.8 Å². The van der Waals surface area contributed by atoms with Gasteiger partial charge >= 0.3 is 0 Å². The van der Waals surface area contributed by atoms with Gasteiger partial charge in [0.15, 0.2) is 11.5 Å². The minimum Gasteiger partial charge on any atom is -0.440 e. The van der Waals surface area contributed by atoms with Crippen LogP contribution in [0.5, 0.6) is 0 Å². The molecule has 4 rings (SSSR count). The summed E-state index contributed by atoms with van der Waals surface area (Å²) in [6, 6.07) is 7.78. The number of tetrazole rings is 1. The Bertz CT molecular complexity index is 811. The standard InChI is InChI=1S/C17H20N6O2/c24-16(8-4-10-23-12-18-20-21-23)22-9-3-5-13(11-22)17-19-14-6-1-2-7-15(14)25-17/h1-2,6-7,12-13H,3-5,8-11H2/t13-/m0/s1. The van der Waals surface area contributed by atoms with Crippen LogP contribution in [-0.2, 0) is 11.3 Å². The summed E-state index contributed by atoms with van der Waals surface area (Å²) in [5.41, 5.74) is 1.68. The highest BCUT2D eigenvalue weighted by Crippen LogP contribution is 2.29. The van der Waals surface area contributed by atoms with Crippen molar-refractivity contribution in [3.63, 3.8) is 0 Å². The summed E-state index contributed by atoms with van der Waals surface area (Å²) in [6.45, 7) is 2.14. The molecule has 1 aromatic carbocycles. The van der Waals surface area contributed by atoms with E-state index in [1.807, 2.05) is 29.2 Å². The van der Waals surface area contributed by atoms with E-state index in [9.17, 15) is 4.79 Å². The number of para-hydroxylation sites is 2. The van der Waals surface area contributed by atoms with Crippen LogP contribution in [0, 0.1) is 0 Å². The van der Waals surface area contributed by atoms with E-state index in [0.29, 0.717) is 19.5 Å². The molecule has 0 bridgehead atoms. The van der Waals surface area contributed by atoms with Crippen molar-refractivity contribution in [3.8, 4) is 0 Å². The second-order valence-electron chi connectivity index (χ2n) is 6.38. The summed E-state index contributed by atoms with van der Waals surface area (Å²) in [6.07, 6.45) is 4.77. The molecule has 8 heteroatoms. The number of hydrogen-bond acceptors (Lipinski definition) is 6. The number of oxazole rings is 1. The molecule has 25 heavy (non-hydrogen) atoms. The smallest absolute Gasteiger partial charge is 0.222 e. The largest absolute Gasteiger partial charge is 0.440 e. The number of piperidine rings is 1. The quantitative estimate of drug-likeness (QED) is 0.706. The van der Waals surface area contributed by atoms with Gasteiger partial charge in [0.2, 0.25) is 5.91 Å². The van der Waals surface area contributed by atoms with E-state index in [2.05, 4.69) is 20.5 Å². The third-order valence-corrected chi connectivity index (χ3v) is 4.60. The van der Waals surface area contributed by atoms with Gasteiger partial charge in [0.05, 0.1) is 5.92 Å². The molecule has 1 saturated heterocycles. The Balaban J connectivity index is 1.36. The first-order valence-corrected chi connectivity index (χ1v) is 8.63. The van der Waals surface area contributed by atoms with E-state index in [4.69, 9.17) is 4.42 Å². The molecule has 0 spiro atoms. The van der Waals surface area contributed by atoms with Gasteiger partial charge in [-0.05, 0) is 41.8 Å². The van der Waals surface area contributed by atoms with Crippen molar-refractivity contribution in [2.75, 3.05) is 13.1 Å². The molecule has 130 valence electrons. The number of rotatable bonds is 5. The second-order valence-corrected chi connectivity index (χ2v) is 6.38. The summed E-state index contributed by atoms with van der Waals surface area (Å²) in [7, 11) is 0. The molecule has 0 N–H and O–H groups in total. The highest BCUT2D eigenvalue weighted by molar-refractivity contribution is 5.76. The van der Waals surface area contributed by atoms with E-state index < -0.39 is 0 Å². The summed E-state index contributed by atoms with van der Waals surface area (Å²) in [5.74, 6) is 1.09. The molecule has 3 heterocycles. The minimum absolute atomic E-state index is 0.171. The first-order chi connectivity index (χ1) is 12.3. The van der Waals surface area contributed by atoms with Gasteiger partial charge in [-0.2, -0.15) is 0 Å². The Morgan fingerprint density at radius 2 is 2.24 bits per heavy atom. The van der Waals surface area contributed by atoms with E-state index in [1.54, 1.807) is 11.0 Å². The Hall–Kier alpha value is -2.77. The highest BCUT2D eigenvalue weighted by atomic mass is 16.3. The Labute approximate surface area is 144 Å². The Morgan fingerprint density at radius 3 is 3.08 bits per heavy atom. The summed E-state index contributed by atoms with van der Waals surface area (Å²) in [4.78, 5) is 19.0. The predicted octanol–water partition coefficient (Wildman–Crippen LogP) is 2.00. The summed E-state index contributed by atoms with van der Waals surface area (Å²) < 4.78 is 7.53. The normalized spacial score (nSPS) is 17.9.